The van der Waals surface area contributed by atoms with Gasteiger partial charge in [-0.3, -0.25) is 0 Å². The number of para-hydroxylation sites is 3. The van der Waals surface area contributed by atoms with Crippen LogP contribution >= 0.6 is 11.3 Å². The monoisotopic (exact) mass is 786 g/mol. The van der Waals surface area contributed by atoms with Crippen molar-refractivity contribution in [1.29, 1.82) is 0 Å². The van der Waals surface area contributed by atoms with Crippen LogP contribution in [0.1, 0.15) is 26.3 Å². The normalized spacial score (nSPS) is 13.5. The first-order chi connectivity index (χ1) is 29.4. The molecule has 0 amide bonds. The predicted octanol–water partition coefficient (Wildman–Crippen LogP) is 14.2. The molecule has 0 N–H and O–H groups in total. The molecule has 8 aromatic carbocycles. The highest BCUT2D eigenvalue weighted by molar-refractivity contribution is 7.26. The summed E-state index contributed by atoms with van der Waals surface area (Å²) in [5.74, 6) is 0. The van der Waals surface area contributed by atoms with E-state index in [1.54, 1.807) is 0 Å². The Bertz CT molecular complexity index is 3840. The van der Waals surface area contributed by atoms with Gasteiger partial charge in [0.05, 0.1) is 11.2 Å². The van der Waals surface area contributed by atoms with Gasteiger partial charge in [-0.1, -0.05) is 118 Å². The molecule has 4 nitrogen and oxygen atoms in total. The standard InChI is InChI=1S/C54H35BN2O2S/c1-54(2,3)31-24-25-39(37(28-31)30-14-5-4-6-15-30)56-40-26-27-44-46(33-17-7-10-21-42(33)58-44)48(40)55-49-41(56)29-38-32-16-9-12-23-45(32)60-53(38)47(49)35-19-13-20-36-50(35)57(55)51-34-18-8-11-22-43(34)59-52(36)51/h4-29H,1-3H3. The number of anilines is 3. The summed E-state index contributed by atoms with van der Waals surface area (Å²) < 4.78 is 18.9. The zero-order valence-corrected chi connectivity index (χ0v) is 34.0. The Morgan fingerprint density at radius 3 is 2.07 bits per heavy atom. The lowest BCUT2D eigenvalue weighted by Crippen LogP contribution is -2.57. The highest BCUT2D eigenvalue weighted by atomic mass is 32.1. The van der Waals surface area contributed by atoms with Gasteiger partial charge in [0, 0.05) is 75.3 Å². The van der Waals surface area contributed by atoms with Gasteiger partial charge in [0.15, 0.2) is 5.58 Å². The van der Waals surface area contributed by atoms with Crippen LogP contribution in [0.3, 0.4) is 0 Å². The van der Waals surface area contributed by atoms with Crippen molar-refractivity contribution < 1.29 is 8.83 Å². The number of aromatic nitrogens is 1. The van der Waals surface area contributed by atoms with Crippen molar-refractivity contribution in [3.63, 3.8) is 0 Å². The molecule has 0 atom stereocenters. The lowest BCUT2D eigenvalue weighted by atomic mass is 9.44. The van der Waals surface area contributed by atoms with Crippen LogP contribution in [-0.4, -0.2) is 11.3 Å². The summed E-state index contributed by atoms with van der Waals surface area (Å²) in [5.41, 5.74) is 18.2. The average molecular weight is 787 g/mol. The fourth-order valence-corrected chi connectivity index (χ4v) is 12.0. The van der Waals surface area contributed by atoms with Crippen LogP contribution in [0.15, 0.2) is 167 Å². The van der Waals surface area contributed by atoms with E-state index < -0.39 is 0 Å². The number of rotatable bonds is 2. The Morgan fingerprint density at radius 2 is 1.23 bits per heavy atom. The van der Waals surface area contributed by atoms with E-state index in [1.165, 1.54) is 70.1 Å². The largest absolute Gasteiger partial charge is 0.456 e. The Labute approximate surface area is 349 Å². The SMILES string of the molecule is CC(C)(C)c1ccc(N2c3cc4c(sc5ccccc54)c4c3B(c3c2ccc2oc5ccccc5c32)n2c3c-4cccc3c3oc4ccccc4c32)c(-c2ccccc2)c1. The van der Waals surface area contributed by atoms with Crippen LogP contribution in [0.25, 0.3) is 97.3 Å². The van der Waals surface area contributed by atoms with Crippen molar-refractivity contribution in [3.8, 4) is 22.3 Å². The molecule has 14 rings (SSSR count). The van der Waals surface area contributed by atoms with E-state index in [0.29, 0.717) is 0 Å². The third kappa shape index (κ3) is 4.11. The van der Waals surface area contributed by atoms with Crippen LogP contribution in [-0.2, 0) is 5.41 Å². The molecule has 2 aliphatic heterocycles. The molecule has 0 bridgehead atoms. The van der Waals surface area contributed by atoms with E-state index in [0.717, 1.165) is 60.8 Å². The molecule has 0 radical (unpaired) electrons. The number of hydrogen-bond donors (Lipinski definition) is 0. The lowest BCUT2D eigenvalue weighted by Gasteiger charge is -2.41. The molecule has 0 fully saturated rings. The van der Waals surface area contributed by atoms with Crippen LogP contribution in [0, 0.1) is 0 Å². The summed E-state index contributed by atoms with van der Waals surface area (Å²) in [4.78, 5) is 2.59. The van der Waals surface area contributed by atoms with Gasteiger partial charge in [-0.05, 0) is 88.1 Å². The van der Waals surface area contributed by atoms with Crippen molar-refractivity contribution in [2.75, 3.05) is 4.90 Å². The molecule has 0 unspecified atom stereocenters. The minimum Gasteiger partial charge on any atom is -0.456 e. The first-order valence-corrected chi connectivity index (χ1v) is 21.6. The Hall–Kier alpha value is -7.02. The Kier molecular flexibility index (Phi) is 6.24. The molecule has 12 aromatic rings. The fraction of sp³-hybridized carbons (Fsp3) is 0.0741. The lowest BCUT2D eigenvalue weighted by molar-refractivity contribution is 0.590. The van der Waals surface area contributed by atoms with Crippen molar-refractivity contribution in [3.05, 3.63) is 163 Å². The fourth-order valence-electron chi connectivity index (χ4n) is 10.7. The zero-order chi connectivity index (χ0) is 39.6. The van der Waals surface area contributed by atoms with E-state index in [1.807, 2.05) is 11.3 Å². The predicted molar refractivity (Wildman–Crippen MR) is 254 cm³/mol. The molecule has 0 saturated carbocycles. The van der Waals surface area contributed by atoms with E-state index in [4.69, 9.17) is 8.83 Å². The third-order valence-electron chi connectivity index (χ3n) is 13.3. The molecule has 60 heavy (non-hydrogen) atoms. The number of benzene rings is 8. The van der Waals surface area contributed by atoms with Gasteiger partial charge in [-0.2, -0.15) is 0 Å². The van der Waals surface area contributed by atoms with Gasteiger partial charge in [-0.15, -0.1) is 11.3 Å². The van der Waals surface area contributed by atoms with Crippen molar-refractivity contribution in [2.24, 2.45) is 0 Å². The van der Waals surface area contributed by atoms with Crippen LogP contribution < -0.4 is 15.8 Å². The highest BCUT2D eigenvalue weighted by Gasteiger charge is 2.46. The van der Waals surface area contributed by atoms with Gasteiger partial charge in [0.1, 0.15) is 16.7 Å². The Morgan fingerprint density at radius 1 is 0.517 bits per heavy atom. The molecule has 0 spiro atoms. The van der Waals surface area contributed by atoms with E-state index in [-0.39, 0.29) is 12.3 Å². The third-order valence-corrected chi connectivity index (χ3v) is 14.5. The number of thiophene rings is 1. The number of hydrogen-bond acceptors (Lipinski definition) is 4. The zero-order valence-electron chi connectivity index (χ0n) is 33.2. The molecule has 0 aliphatic carbocycles. The van der Waals surface area contributed by atoms with Gasteiger partial charge >= 0.3 is 6.85 Å². The Balaban J connectivity index is 1.24. The summed E-state index contributed by atoms with van der Waals surface area (Å²) in [6.45, 7) is 6.73. The summed E-state index contributed by atoms with van der Waals surface area (Å²) in [7, 11) is 0. The van der Waals surface area contributed by atoms with Gasteiger partial charge in [0.25, 0.3) is 0 Å². The molecule has 0 saturated heterocycles. The molecule has 6 heteroatoms. The smallest absolute Gasteiger partial charge is 0.334 e. The highest BCUT2D eigenvalue weighted by Crippen LogP contribution is 2.53. The van der Waals surface area contributed by atoms with Gasteiger partial charge in [0.2, 0.25) is 0 Å². The summed E-state index contributed by atoms with van der Waals surface area (Å²) in [5, 5.41) is 7.11. The quantitative estimate of drug-likeness (QED) is 0.164. The molecule has 282 valence electrons. The summed E-state index contributed by atoms with van der Waals surface area (Å²) in [6, 6.07) is 57.9. The maximum atomic E-state index is 6.88. The summed E-state index contributed by atoms with van der Waals surface area (Å²) >= 11 is 1.91. The minimum atomic E-state index is -0.189. The average Bonchev–Trinajstić information content (AvgIpc) is 4.04. The molecule has 4 aromatic heterocycles. The van der Waals surface area contributed by atoms with E-state index in [2.05, 4.69) is 188 Å². The number of furan rings is 2. The number of fused-ring (bicyclic) bond motifs is 17. The second-order valence-electron chi connectivity index (χ2n) is 17.6. The first-order valence-electron chi connectivity index (χ1n) is 20.8. The van der Waals surface area contributed by atoms with Gasteiger partial charge in [-0.25, -0.2) is 0 Å². The maximum absolute atomic E-state index is 6.88. The minimum absolute atomic E-state index is 0.0370. The van der Waals surface area contributed by atoms with Crippen LogP contribution in [0.2, 0.25) is 0 Å². The summed E-state index contributed by atoms with van der Waals surface area (Å²) in [6.07, 6.45) is 0. The molecular formula is C54H35BN2O2S. The first kappa shape index (κ1) is 32.9. The van der Waals surface area contributed by atoms with Crippen LogP contribution in [0.4, 0.5) is 17.1 Å². The topological polar surface area (TPSA) is 34.5 Å². The van der Waals surface area contributed by atoms with Crippen molar-refractivity contribution in [1.82, 2.24) is 4.48 Å². The van der Waals surface area contributed by atoms with E-state index >= 15 is 0 Å². The number of nitrogens with zero attached hydrogens (tertiary/aromatic N) is 2. The maximum Gasteiger partial charge on any atom is 0.334 e. The second-order valence-corrected chi connectivity index (χ2v) is 18.6. The molecule has 2 aliphatic rings. The van der Waals surface area contributed by atoms with E-state index in [9.17, 15) is 0 Å². The molecular weight excluding hydrogens is 751 g/mol. The molecule has 6 heterocycles. The van der Waals surface area contributed by atoms with Crippen molar-refractivity contribution >= 4 is 121 Å². The van der Waals surface area contributed by atoms with Crippen molar-refractivity contribution in [2.45, 2.75) is 26.2 Å². The van der Waals surface area contributed by atoms with Crippen LogP contribution in [0.5, 0.6) is 0 Å². The van der Waals surface area contributed by atoms with Gasteiger partial charge < -0.3 is 18.2 Å². The second kappa shape index (κ2) is 11.4.